The van der Waals surface area contributed by atoms with Gasteiger partial charge in [-0.2, -0.15) is 0 Å². The molecule has 2 aromatic carbocycles. The van der Waals surface area contributed by atoms with Crippen molar-refractivity contribution in [2.45, 2.75) is 8.68 Å². The zero-order chi connectivity index (χ0) is 14.8. The number of fused-ring (bicyclic) bond motifs is 2. The van der Waals surface area contributed by atoms with Gasteiger partial charge in [0.25, 0.3) is 0 Å². The normalized spacial score (nSPS) is 10.5. The Kier molecular flexibility index (Phi) is 7.02. The van der Waals surface area contributed by atoms with E-state index in [0.29, 0.717) is 0 Å². The van der Waals surface area contributed by atoms with E-state index in [0.717, 1.165) is 31.2 Å². The minimum atomic E-state index is 0. The average Bonchev–Trinajstić information content (AvgIpc) is 3.14. The van der Waals surface area contributed by atoms with Crippen LogP contribution in [0.2, 0.25) is 0 Å². The van der Waals surface area contributed by atoms with Crippen molar-refractivity contribution in [3.8, 4) is 0 Å². The van der Waals surface area contributed by atoms with E-state index >= 15 is 0 Å². The molecular formula is C16H16N2O2S4. The summed E-state index contributed by atoms with van der Waals surface area (Å²) in [5.41, 5.74) is 2.21. The van der Waals surface area contributed by atoms with Crippen LogP contribution in [0.5, 0.6) is 0 Å². The largest absolute Gasteiger partial charge is 0.412 e. The number of hydrogen-bond acceptors (Lipinski definition) is 6. The molecule has 2 aromatic heterocycles. The summed E-state index contributed by atoms with van der Waals surface area (Å²) in [6.45, 7) is 0. The first-order valence-corrected chi connectivity index (χ1v) is 10.5. The molecule has 126 valence electrons. The number of para-hydroxylation sites is 2. The Morgan fingerprint density at radius 3 is 1.50 bits per heavy atom. The Morgan fingerprint density at radius 2 is 1.08 bits per heavy atom. The Bertz CT molecular complexity index is 780. The molecule has 0 atom stereocenters. The lowest BCUT2D eigenvalue weighted by molar-refractivity contribution is 0.823. The number of nitrogens with zero attached hydrogens (tertiary/aromatic N) is 2. The minimum absolute atomic E-state index is 0. The van der Waals surface area contributed by atoms with E-state index in [9.17, 15) is 0 Å². The summed E-state index contributed by atoms with van der Waals surface area (Å²) in [5, 5.41) is 0. The molecule has 2 heterocycles. The molecule has 0 fully saturated rings. The van der Waals surface area contributed by atoms with Crippen LogP contribution in [0.15, 0.2) is 57.2 Å². The second-order valence-electron chi connectivity index (χ2n) is 4.59. The first-order valence-electron chi connectivity index (χ1n) is 6.85. The Balaban J connectivity index is 0.00000104. The maximum Gasteiger partial charge on any atom is 0.151 e. The number of benzene rings is 2. The van der Waals surface area contributed by atoms with Crippen molar-refractivity contribution in [3.05, 3.63) is 48.5 Å². The molecule has 4 rings (SSSR count). The van der Waals surface area contributed by atoms with Gasteiger partial charge in [-0.25, -0.2) is 9.97 Å². The van der Waals surface area contributed by atoms with Crippen LogP contribution in [0.3, 0.4) is 0 Å². The minimum Gasteiger partial charge on any atom is -0.412 e. The SMILES string of the molecule is O.O.c1ccc2sc(SCCSc3nc4ccccc4s3)nc2c1. The number of thioether (sulfide) groups is 2. The Labute approximate surface area is 156 Å². The van der Waals surface area contributed by atoms with Crippen molar-refractivity contribution in [2.75, 3.05) is 11.5 Å². The van der Waals surface area contributed by atoms with Crippen molar-refractivity contribution >= 4 is 66.6 Å². The molecule has 0 saturated carbocycles. The fraction of sp³-hybridized carbons (Fsp3) is 0.125. The van der Waals surface area contributed by atoms with Gasteiger partial charge in [-0.15, -0.1) is 22.7 Å². The Morgan fingerprint density at radius 1 is 0.667 bits per heavy atom. The predicted molar refractivity (Wildman–Crippen MR) is 108 cm³/mol. The second-order valence-corrected chi connectivity index (χ2v) is 9.34. The van der Waals surface area contributed by atoms with Crippen molar-refractivity contribution < 1.29 is 11.0 Å². The van der Waals surface area contributed by atoms with E-state index < -0.39 is 0 Å². The first-order chi connectivity index (χ1) is 10.9. The third-order valence-electron chi connectivity index (χ3n) is 3.08. The van der Waals surface area contributed by atoms with Gasteiger partial charge in [-0.1, -0.05) is 47.8 Å². The van der Waals surface area contributed by atoms with Crippen LogP contribution in [0, 0.1) is 0 Å². The summed E-state index contributed by atoms with van der Waals surface area (Å²) in [6.07, 6.45) is 0. The summed E-state index contributed by atoms with van der Waals surface area (Å²) >= 11 is 7.23. The van der Waals surface area contributed by atoms with Gasteiger partial charge in [0, 0.05) is 11.5 Å². The van der Waals surface area contributed by atoms with E-state index in [1.54, 1.807) is 22.7 Å². The molecule has 8 heteroatoms. The van der Waals surface area contributed by atoms with Gasteiger partial charge in [-0.05, 0) is 24.3 Å². The number of rotatable bonds is 5. The molecule has 24 heavy (non-hydrogen) atoms. The summed E-state index contributed by atoms with van der Waals surface area (Å²) in [5.74, 6) is 2.11. The van der Waals surface area contributed by atoms with Crippen LogP contribution in [0.4, 0.5) is 0 Å². The van der Waals surface area contributed by atoms with Gasteiger partial charge in [0.2, 0.25) is 0 Å². The van der Waals surface area contributed by atoms with Crippen LogP contribution in [-0.2, 0) is 0 Å². The van der Waals surface area contributed by atoms with E-state index in [1.165, 1.54) is 9.40 Å². The van der Waals surface area contributed by atoms with Gasteiger partial charge >= 0.3 is 0 Å². The monoisotopic (exact) mass is 396 g/mol. The molecule has 4 aromatic rings. The van der Waals surface area contributed by atoms with Crippen LogP contribution in [-0.4, -0.2) is 32.4 Å². The van der Waals surface area contributed by atoms with Gasteiger partial charge in [0.15, 0.2) is 8.68 Å². The smallest absolute Gasteiger partial charge is 0.151 e. The topological polar surface area (TPSA) is 88.8 Å². The maximum absolute atomic E-state index is 4.65. The first kappa shape index (κ1) is 19.2. The summed E-state index contributed by atoms with van der Waals surface area (Å²) < 4.78 is 4.85. The quantitative estimate of drug-likeness (QED) is 0.374. The van der Waals surface area contributed by atoms with E-state index in [2.05, 4.69) is 46.4 Å². The maximum atomic E-state index is 4.65. The van der Waals surface area contributed by atoms with Crippen LogP contribution >= 0.6 is 46.2 Å². The fourth-order valence-corrected chi connectivity index (χ4v) is 6.33. The molecule has 0 aliphatic carbocycles. The van der Waals surface area contributed by atoms with Crippen molar-refractivity contribution in [3.63, 3.8) is 0 Å². The van der Waals surface area contributed by atoms with Crippen molar-refractivity contribution in [1.82, 2.24) is 9.97 Å². The molecule has 0 unspecified atom stereocenters. The van der Waals surface area contributed by atoms with E-state index in [4.69, 9.17) is 0 Å². The number of hydrogen-bond donors (Lipinski definition) is 0. The lowest BCUT2D eigenvalue weighted by Crippen LogP contribution is -1.83. The fourth-order valence-electron chi connectivity index (χ4n) is 2.08. The van der Waals surface area contributed by atoms with Gasteiger partial charge in [0.05, 0.1) is 20.4 Å². The van der Waals surface area contributed by atoms with Crippen LogP contribution < -0.4 is 0 Å². The van der Waals surface area contributed by atoms with Crippen LogP contribution in [0.25, 0.3) is 20.4 Å². The summed E-state index contributed by atoms with van der Waals surface area (Å²) in [7, 11) is 0. The third-order valence-corrected chi connectivity index (χ3v) is 7.70. The second kappa shape index (κ2) is 8.80. The lowest BCUT2D eigenvalue weighted by atomic mass is 10.3. The molecule has 4 N–H and O–H groups in total. The number of aromatic nitrogens is 2. The van der Waals surface area contributed by atoms with Gasteiger partial charge < -0.3 is 11.0 Å². The molecule has 0 radical (unpaired) electrons. The zero-order valence-electron chi connectivity index (χ0n) is 12.6. The molecule has 0 amide bonds. The Hall–Kier alpha value is -1.16. The highest BCUT2D eigenvalue weighted by Crippen LogP contribution is 2.32. The van der Waals surface area contributed by atoms with Gasteiger partial charge in [-0.3, -0.25) is 0 Å². The predicted octanol–water partition coefficient (Wildman–Crippen LogP) is 4.14. The molecule has 4 nitrogen and oxygen atoms in total. The average molecular weight is 397 g/mol. The van der Waals surface area contributed by atoms with E-state index in [1.807, 2.05) is 35.7 Å². The van der Waals surface area contributed by atoms with Crippen molar-refractivity contribution in [2.24, 2.45) is 0 Å². The van der Waals surface area contributed by atoms with Crippen LogP contribution in [0.1, 0.15) is 0 Å². The number of thiazole rings is 2. The molecule has 0 spiro atoms. The summed E-state index contributed by atoms with van der Waals surface area (Å²) in [6, 6.07) is 16.6. The van der Waals surface area contributed by atoms with E-state index in [-0.39, 0.29) is 11.0 Å². The lowest BCUT2D eigenvalue weighted by Gasteiger charge is -1.95. The molecule has 0 bridgehead atoms. The zero-order valence-corrected chi connectivity index (χ0v) is 15.8. The van der Waals surface area contributed by atoms with Gasteiger partial charge in [0.1, 0.15) is 0 Å². The molecule has 0 saturated heterocycles. The molecule has 0 aliphatic rings. The standard InChI is InChI=1S/C16H12N2S4.2H2O/c1-3-7-13-11(5-1)17-15(21-13)19-9-10-20-16-18-12-6-2-4-8-14(12)22-16;;/h1-8H,9-10H2;2*1H2. The highest BCUT2D eigenvalue weighted by molar-refractivity contribution is 8.04. The highest BCUT2D eigenvalue weighted by atomic mass is 32.2. The molecule has 0 aliphatic heterocycles. The summed E-state index contributed by atoms with van der Waals surface area (Å²) in [4.78, 5) is 9.30. The van der Waals surface area contributed by atoms with Crippen molar-refractivity contribution in [1.29, 1.82) is 0 Å². The highest BCUT2D eigenvalue weighted by Gasteiger charge is 2.06. The third kappa shape index (κ3) is 4.27. The molecular weight excluding hydrogens is 380 g/mol.